The first-order chi connectivity index (χ1) is 5.85. The number of likely N-dealkylation sites (tertiary alicyclic amines) is 1. The summed E-state index contributed by atoms with van der Waals surface area (Å²) in [6.07, 6.45) is -3.88. The molecule has 1 rings (SSSR count). The SMILES string of the molecule is NCC1(O)CCN(CC(F)(F)F)C1. The maximum atomic E-state index is 11.9. The second-order valence-corrected chi connectivity index (χ2v) is 3.50. The largest absolute Gasteiger partial charge is 0.401 e. The van der Waals surface area contributed by atoms with E-state index in [1.807, 2.05) is 0 Å². The highest BCUT2D eigenvalue weighted by atomic mass is 19.4. The first-order valence-electron chi connectivity index (χ1n) is 4.06. The maximum absolute atomic E-state index is 11.9. The first-order valence-corrected chi connectivity index (χ1v) is 4.06. The summed E-state index contributed by atoms with van der Waals surface area (Å²) < 4.78 is 35.7. The summed E-state index contributed by atoms with van der Waals surface area (Å²) in [6.45, 7) is -0.674. The molecule has 1 atom stereocenters. The average Bonchev–Trinajstić information content (AvgIpc) is 2.30. The molecule has 1 saturated heterocycles. The molecule has 1 fully saturated rings. The molecule has 0 aliphatic carbocycles. The molecule has 0 spiro atoms. The van der Waals surface area contributed by atoms with Crippen LogP contribution < -0.4 is 5.73 Å². The predicted octanol–water partition coefficient (Wildman–Crippen LogP) is -0.0558. The Morgan fingerprint density at radius 2 is 2.08 bits per heavy atom. The Morgan fingerprint density at radius 1 is 1.46 bits per heavy atom. The lowest BCUT2D eigenvalue weighted by atomic mass is 10.0. The van der Waals surface area contributed by atoms with Crippen LogP contribution in [0.4, 0.5) is 13.2 Å². The Kier molecular flexibility index (Phi) is 2.84. The van der Waals surface area contributed by atoms with E-state index in [1.165, 1.54) is 4.90 Å². The van der Waals surface area contributed by atoms with Gasteiger partial charge in [-0.25, -0.2) is 0 Å². The summed E-state index contributed by atoms with van der Waals surface area (Å²) in [5, 5.41) is 9.53. The highest BCUT2D eigenvalue weighted by Gasteiger charge is 2.39. The van der Waals surface area contributed by atoms with E-state index in [4.69, 9.17) is 5.73 Å². The fourth-order valence-corrected chi connectivity index (χ4v) is 1.50. The van der Waals surface area contributed by atoms with Crippen molar-refractivity contribution in [2.24, 2.45) is 5.73 Å². The summed E-state index contributed by atoms with van der Waals surface area (Å²) in [5.74, 6) is 0. The second-order valence-electron chi connectivity index (χ2n) is 3.50. The van der Waals surface area contributed by atoms with Gasteiger partial charge in [-0.05, 0) is 6.42 Å². The fraction of sp³-hybridized carbons (Fsp3) is 1.00. The molecule has 78 valence electrons. The molecule has 3 nitrogen and oxygen atoms in total. The highest BCUT2D eigenvalue weighted by molar-refractivity contribution is 4.91. The van der Waals surface area contributed by atoms with E-state index in [-0.39, 0.29) is 19.6 Å². The molecule has 0 aromatic carbocycles. The van der Waals surface area contributed by atoms with Gasteiger partial charge >= 0.3 is 6.18 Å². The molecular formula is C7H13F3N2O. The van der Waals surface area contributed by atoms with Gasteiger partial charge < -0.3 is 10.8 Å². The van der Waals surface area contributed by atoms with Crippen LogP contribution in [-0.4, -0.2) is 48.0 Å². The number of alkyl halides is 3. The normalized spacial score (nSPS) is 31.2. The van der Waals surface area contributed by atoms with E-state index < -0.39 is 18.3 Å². The average molecular weight is 198 g/mol. The van der Waals surface area contributed by atoms with Crippen molar-refractivity contribution in [2.75, 3.05) is 26.2 Å². The Hall–Kier alpha value is -0.330. The van der Waals surface area contributed by atoms with E-state index >= 15 is 0 Å². The van der Waals surface area contributed by atoms with Crippen LogP contribution in [0.15, 0.2) is 0 Å². The minimum absolute atomic E-state index is 0.0152. The predicted molar refractivity (Wildman–Crippen MR) is 41.1 cm³/mol. The molecule has 1 heterocycles. The molecule has 0 aromatic heterocycles. The van der Waals surface area contributed by atoms with Gasteiger partial charge in [-0.15, -0.1) is 0 Å². The zero-order chi connectivity index (χ0) is 10.1. The summed E-state index contributed by atoms with van der Waals surface area (Å²) in [7, 11) is 0. The molecule has 1 unspecified atom stereocenters. The third-order valence-electron chi connectivity index (χ3n) is 2.19. The van der Waals surface area contributed by atoms with Crippen LogP contribution in [0.3, 0.4) is 0 Å². The molecule has 0 aromatic rings. The highest BCUT2D eigenvalue weighted by Crippen LogP contribution is 2.24. The summed E-state index contributed by atoms with van der Waals surface area (Å²) in [4.78, 5) is 1.17. The van der Waals surface area contributed by atoms with Crippen molar-refractivity contribution in [3.05, 3.63) is 0 Å². The maximum Gasteiger partial charge on any atom is 0.401 e. The number of rotatable bonds is 2. The molecule has 0 amide bonds. The van der Waals surface area contributed by atoms with Crippen LogP contribution in [0.1, 0.15) is 6.42 Å². The fourth-order valence-electron chi connectivity index (χ4n) is 1.50. The molecule has 0 bridgehead atoms. The van der Waals surface area contributed by atoms with Gasteiger partial charge in [0.05, 0.1) is 12.1 Å². The van der Waals surface area contributed by atoms with Crippen molar-refractivity contribution in [1.82, 2.24) is 4.90 Å². The molecular weight excluding hydrogens is 185 g/mol. The zero-order valence-corrected chi connectivity index (χ0v) is 7.14. The standard InChI is InChI=1S/C7H13F3N2O/c8-7(9,10)5-12-2-1-6(13,3-11)4-12/h13H,1-5,11H2. The van der Waals surface area contributed by atoms with E-state index in [1.54, 1.807) is 0 Å². The van der Waals surface area contributed by atoms with Crippen LogP contribution in [0.2, 0.25) is 0 Å². The van der Waals surface area contributed by atoms with Crippen molar-refractivity contribution in [3.63, 3.8) is 0 Å². The molecule has 0 radical (unpaired) electrons. The monoisotopic (exact) mass is 198 g/mol. The minimum atomic E-state index is -4.19. The van der Waals surface area contributed by atoms with E-state index in [9.17, 15) is 18.3 Å². The minimum Gasteiger partial charge on any atom is -0.387 e. The zero-order valence-electron chi connectivity index (χ0n) is 7.14. The smallest absolute Gasteiger partial charge is 0.387 e. The van der Waals surface area contributed by atoms with Crippen LogP contribution in [-0.2, 0) is 0 Å². The molecule has 1 aliphatic rings. The lowest BCUT2D eigenvalue weighted by Crippen LogP contribution is -2.42. The van der Waals surface area contributed by atoms with Gasteiger partial charge in [-0.3, -0.25) is 4.90 Å². The second kappa shape index (κ2) is 3.43. The van der Waals surface area contributed by atoms with E-state index in [0.29, 0.717) is 6.42 Å². The quantitative estimate of drug-likeness (QED) is 0.653. The van der Waals surface area contributed by atoms with Crippen LogP contribution in [0.5, 0.6) is 0 Å². The summed E-state index contributed by atoms with van der Waals surface area (Å²) in [6, 6.07) is 0. The number of β-amino-alcohol motifs (C(OH)–C–C–N with tert-alkyl or cyclic N) is 1. The number of hydrogen-bond acceptors (Lipinski definition) is 3. The molecule has 1 aliphatic heterocycles. The van der Waals surface area contributed by atoms with Crippen molar-refractivity contribution in [1.29, 1.82) is 0 Å². The van der Waals surface area contributed by atoms with Gasteiger partial charge in [-0.1, -0.05) is 0 Å². The molecule has 6 heteroatoms. The third kappa shape index (κ3) is 3.13. The van der Waals surface area contributed by atoms with Gasteiger partial charge in [0.25, 0.3) is 0 Å². The van der Waals surface area contributed by atoms with Crippen LogP contribution in [0, 0.1) is 0 Å². The first kappa shape index (κ1) is 10.7. The van der Waals surface area contributed by atoms with Crippen LogP contribution in [0.25, 0.3) is 0 Å². The van der Waals surface area contributed by atoms with E-state index in [2.05, 4.69) is 0 Å². The Labute approximate surface area is 74.3 Å². The molecule has 3 N–H and O–H groups in total. The van der Waals surface area contributed by atoms with Crippen molar-refractivity contribution >= 4 is 0 Å². The number of aliphatic hydroxyl groups is 1. The van der Waals surface area contributed by atoms with Crippen molar-refractivity contribution in [2.45, 2.75) is 18.2 Å². The number of nitrogens with two attached hydrogens (primary N) is 1. The summed E-state index contributed by atoms with van der Waals surface area (Å²) in [5.41, 5.74) is 4.12. The Bertz CT molecular complexity index is 185. The summed E-state index contributed by atoms with van der Waals surface area (Å²) >= 11 is 0. The van der Waals surface area contributed by atoms with Gasteiger partial charge in [0.2, 0.25) is 0 Å². The van der Waals surface area contributed by atoms with Crippen LogP contribution >= 0.6 is 0 Å². The topological polar surface area (TPSA) is 49.5 Å². The van der Waals surface area contributed by atoms with E-state index in [0.717, 1.165) is 0 Å². The lowest BCUT2D eigenvalue weighted by Gasteiger charge is -2.22. The number of nitrogens with zero attached hydrogens (tertiary/aromatic N) is 1. The number of hydrogen-bond donors (Lipinski definition) is 2. The Morgan fingerprint density at radius 3 is 2.46 bits per heavy atom. The van der Waals surface area contributed by atoms with Gasteiger partial charge in [-0.2, -0.15) is 13.2 Å². The Balaban J connectivity index is 2.42. The number of halogens is 3. The van der Waals surface area contributed by atoms with Gasteiger partial charge in [0.1, 0.15) is 0 Å². The lowest BCUT2D eigenvalue weighted by molar-refractivity contribution is -0.145. The molecule has 0 saturated carbocycles. The van der Waals surface area contributed by atoms with Crippen molar-refractivity contribution < 1.29 is 18.3 Å². The molecule has 13 heavy (non-hydrogen) atoms. The van der Waals surface area contributed by atoms with Gasteiger partial charge in [0, 0.05) is 19.6 Å². The van der Waals surface area contributed by atoms with Crippen molar-refractivity contribution in [3.8, 4) is 0 Å². The van der Waals surface area contributed by atoms with Gasteiger partial charge in [0.15, 0.2) is 0 Å². The third-order valence-corrected chi connectivity index (χ3v) is 2.19.